The van der Waals surface area contributed by atoms with Crippen LogP contribution in [0.2, 0.25) is 0 Å². The van der Waals surface area contributed by atoms with Crippen molar-refractivity contribution in [1.29, 1.82) is 0 Å². The predicted molar refractivity (Wildman–Crippen MR) is 233 cm³/mol. The van der Waals surface area contributed by atoms with E-state index < -0.39 is 80.9 Å². The molecule has 0 radical (unpaired) electrons. The summed E-state index contributed by atoms with van der Waals surface area (Å²) in [6, 6.07) is 4.27. The van der Waals surface area contributed by atoms with E-state index >= 15 is 0 Å². The third-order valence-electron chi connectivity index (χ3n) is 13.1. The number of nitrogens with zero attached hydrogens (tertiary/aromatic N) is 4. The number of hydrogen-bond acceptors (Lipinski definition) is 11. The first-order valence-electron chi connectivity index (χ1n) is 22.1. The van der Waals surface area contributed by atoms with Gasteiger partial charge in [-0.25, -0.2) is 27.2 Å². The van der Waals surface area contributed by atoms with E-state index in [9.17, 15) is 36.4 Å². The van der Waals surface area contributed by atoms with Gasteiger partial charge in [-0.1, -0.05) is 38.8 Å². The number of allylic oxidation sites excluding steroid dienone is 1. The van der Waals surface area contributed by atoms with Crippen molar-refractivity contribution in [2.24, 2.45) is 11.8 Å². The second-order valence-corrected chi connectivity index (χ2v) is 21.0. The van der Waals surface area contributed by atoms with Gasteiger partial charge in [-0.05, 0) is 69.9 Å². The van der Waals surface area contributed by atoms with E-state index in [4.69, 9.17) is 19.4 Å². The van der Waals surface area contributed by atoms with Crippen molar-refractivity contribution < 1.29 is 45.9 Å². The molecule has 0 unspecified atom stereocenters. The highest BCUT2D eigenvalue weighted by Crippen LogP contribution is 2.46. The Morgan fingerprint density at radius 3 is 2.59 bits per heavy atom. The summed E-state index contributed by atoms with van der Waals surface area (Å²) in [5, 5.41) is 5.57. The van der Waals surface area contributed by atoms with Crippen molar-refractivity contribution in [2.75, 3.05) is 26.7 Å². The van der Waals surface area contributed by atoms with Crippen LogP contribution in [0.25, 0.3) is 21.6 Å². The molecule has 1 aromatic carbocycles. The maximum Gasteiger partial charge on any atom is 0.265 e. The molecule has 18 heteroatoms. The topological polar surface area (TPSA) is 177 Å². The third kappa shape index (κ3) is 9.57. The van der Waals surface area contributed by atoms with Crippen LogP contribution in [0, 0.1) is 18.8 Å². The predicted octanol–water partition coefficient (Wildman–Crippen LogP) is 6.41. The Hall–Kier alpha value is -4.71. The van der Waals surface area contributed by atoms with Crippen LogP contribution in [0.1, 0.15) is 108 Å². The van der Waals surface area contributed by atoms with Crippen molar-refractivity contribution in [1.82, 2.24) is 29.8 Å². The molecule has 4 fully saturated rings. The number of pyridine rings is 1. The minimum Gasteiger partial charge on any atom is -0.496 e. The quantitative estimate of drug-likeness (QED) is 0.216. The third-order valence-corrected chi connectivity index (χ3v) is 15.8. The van der Waals surface area contributed by atoms with Gasteiger partial charge < -0.3 is 24.6 Å². The number of benzene rings is 1. The number of piperidine rings is 1. The number of aryl methyl sites for hydroxylation is 1. The van der Waals surface area contributed by atoms with E-state index in [-0.39, 0.29) is 51.1 Å². The first-order chi connectivity index (χ1) is 30.0. The van der Waals surface area contributed by atoms with Crippen molar-refractivity contribution >= 4 is 55.9 Å². The van der Waals surface area contributed by atoms with Crippen molar-refractivity contribution in [3.05, 3.63) is 47.0 Å². The molecule has 2 aromatic heterocycles. The standard InChI is InChI=1S/C45H56F2N6O8S2/c1-26(2)34-24-62-41(49-34)33-21-37(32-15-16-36(60-4)27(3)39(32)48-33)61-30-20-35-40(55)50-45(43(57)51-63(58,59)31-13-14-31)22-29(45)12-9-7-5-6-8-11-28(42(56)53(35)23-30)19-38(54)52-18-10-17-44(46,47)25-52/h9,12,15-16,21,24,26,28-31,35H,5-8,10-11,13-14,17-20,22-23,25H2,1-4H3,(H,50,55)(H,51,57)/b12-9-/t28-,29-,30+,35+,45-/m1/s1. The molecule has 340 valence electrons. The number of thiazole rings is 1. The molecule has 2 aliphatic carbocycles. The first kappa shape index (κ1) is 44.9. The largest absolute Gasteiger partial charge is 0.496 e. The van der Waals surface area contributed by atoms with E-state index in [1.807, 2.05) is 36.6 Å². The van der Waals surface area contributed by atoms with Gasteiger partial charge in [-0.2, -0.15) is 0 Å². The number of halogens is 2. The second kappa shape index (κ2) is 17.7. The van der Waals surface area contributed by atoms with Crippen LogP contribution in [0.4, 0.5) is 8.78 Å². The van der Waals surface area contributed by atoms with Gasteiger partial charge in [-0.3, -0.25) is 23.9 Å². The van der Waals surface area contributed by atoms with E-state index in [2.05, 4.69) is 23.9 Å². The van der Waals surface area contributed by atoms with Crippen molar-refractivity contribution in [2.45, 2.75) is 133 Å². The van der Waals surface area contributed by atoms with Gasteiger partial charge in [0, 0.05) is 60.0 Å². The number of likely N-dealkylation sites (tertiary alicyclic amines) is 1. The molecule has 3 aliphatic heterocycles. The molecule has 0 bridgehead atoms. The zero-order chi connectivity index (χ0) is 44.8. The zero-order valence-electron chi connectivity index (χ0n) is 36.2. The molecule has 14 nitrogen and oxygen atoms in total. The minimum atomic E-state index is -3.95. The van der Waals surface area contributed by atoms with Crippen LogP contribution < -0.4 is 19.5 Å². The van der Waals surface area contributed by atoms with Gasteiger partial charge in [0.15, 0.2) is 0 Å². The Balaban J connectivity index is 1.14. The summed E-state index contributed by atoms with van der Waals surface area (Å²) >= 11 is 1.46. The van der Waals surface area contributed by atoms with Gasteiger partial charge in [0.1, 0.15) is 39.9 Å². The lowest BCUT2D eigenvalue weighted by Gasteiger charge is -2.34. The molecule has 4 amide bonds. The highest BCUT2D eigenvalue weighted by molar-refractivity contribution is 7.91. The number of amides is 4. The summed E-state index contributed by atoms with van der Waals surface area (Å²) in [6.45, 7) is 5.40. The van der Waals surface area contributed by atoms with Crippen molar-refractivity contribution in [3.8, 4) is 22.2 Å². The number of nitrogens with one attached hydrogen (secondary N) is 2. The van der Waals surface area contributed by atoms with Crippen LogP contribution >= 0.6 is 11.3 Å². The molecule has 0 spiro atoms. The molecule has 63 heavy (non-hydrogen) atoms. The van der Waals surface area contributed by atoms with Gasteiger partial charge in [0.25, 0.3) is 11.8 Å². The first-order valence-corrected chi connectivity index (χ1v) is 24.5. The highest BCUT2D eigenvalue weighted by atomic mass is 32.2. The lowest BCUT2D eigenvalue weighted by atomic mass is 9.94. The smallest absolute Gasteiger partial charge is 0.265 e. The summed E-state index contributed by atoms with van der Waals surface area (Å²) in [5.41, 5.74) is 1.31. The molecule has 5 heterocycles. The van der Waals surface area contributed by atoms with E-state index in [1.165, 1.54) is 16.2 Å². The lowest BCUT2D eigenvalue weighted by molar-refractivity contribution is -0.148. The molecule has 2 saturated heterocycles. The van der Waals surface area contributed by atoms with Gasteiger partial charge >= 0.3 is 0 Å². The monoisotopic (exact) mass is 910 g/mol. The Labute approximate surface area is 370 Å². The molecule has 2 saturated carbocycles. The molecule has 3 aromatic rings. The summed E-state index contributed by atoms with van der Waals surface area (Å²) in [4.78, 5) is 69.6. The fraction of sp³-hybridized carbons (Fsp3) is 0.600. The van der Waals surface area contributed by atoms with Crippen LogP contribution in [-0.2, 0) is 29.2 Å². The lowest BCUT2D eigenvalue weighted by Crippen LogP contribution is -2.57. The summed E-state index contributed by atoms with van der Waals surface area (Å²) in [6.07, 6.45) is 6.59. The average molecular weight is 911 g/mol. The maximum absolute atomic E-state index is 14.9. The number of fused-ring (bicyclic) bond motifs is 3. The van der Waals surface area contributed by atoms with Crippen molar-refractivity contribution in [3.63, 3.8) is 0 Å². The normalized spacial score (nSPS) is 27.2. The summed E-state index contributed by atoms with van der Waals surface area (Å²) < 4.78 is 69.6. The number of hydrogen-bond donors (Lipinski definition) is 2. The van der Waals surface area contributed by atoms with Crippen LogP contribution in [-0.4, -0.2) is 107 Å². The van der Waals surface area contributed by atoms with Crippen LogP contribution in [0.15, 0.2) is 35.7 Å². The second-order valence-electron chi connectivity index (χ2n) is 18.2. The van der Waals surface area contributed by atoms with E-state index in [1.54, 1.807) is 13.2 Å². The minimum absolute atomic E-state index is 0.00178. The number of sulfonamides is 1. The molecule has 5 aliphatic rings. The fourth-order valence-corrected chi connectivity index (χ4v) is 11.5. The van der Waals surface area contributed by atoms with Gasteiger partial charge in [0.05, 0.1) is 36.7 Å². The number of rotatable bonds is 10. The number of carbonyl (C=O) groups excluding carboxylic acids is 4. The molecule has 2 N–H and O–H groups in total. The number of aromatic nitrogens is 2. The van der Waals surface area contributed by atoms with Gasteiger partial charge in [-0.15, -0.1) is 11.3 Å². The molecule has 5 atom stereocenters. The Morgan fingerprint density at radius 1 is 1.08 bits per heavy atom. The molecule has 8 rings (SSSR count). The van der Waals surface area contributed by atoms with Crippen LogP contribution in [0.3, 0.4) is 0 Å². The maximum atomic E-state index is 14.9. The SMILES string of the molecule is COc1ccc2c(O[C@H]3C[C@H]4C(=O)N[C@]5(C(=O)NS(=O)(=O)C6CC6)C[C@H]5/C=C\CCCCC[C@H](CC(=O)N5CCCC(F)(F)C5)C(=O)N4C3)cc(-c3nc(C(C)C)cs3)nc2c1C. The Kier molecular flexibility index (Phi) is 12.6. The number of carbonyl (C=O) groups is 4. The van der Waals surface area contributed by atoms with E-state index in [0.717, 1.165) is 22.6 Å². The highest BCUT2D eigenvalue weighted by Gasteiger charge is 2.62. The molecular weight excluding hydrogens is 855 g/mol. The van der Waals surface area contributed by atoms with Gasteiger partial charge in [0.2, 0.25) is 27.7 Å². The fourth-order valence-electron chi connectivity index (χ4n) is 9.15. The summed E-state index contributed by atoms with van der Waals surface area (Å²) in [5.74, 6) is -5.67. The molecular formula is C45H56F2N6O8S2. The van der Waals surface area contributed by atoms with E-state index in [0.29, 0.717) is 71.6 Å². The Morgan fingerprint density at radius 2 is 1.87 bits per heavy atom. The van der Waals surface area contributed by atoms with Crippen LogP contribution in [0.5, 0.6) is 11.5 Å². The zero-order valence-corrected chi connectivity index (χ0v) is 37.8. The summed E-state index contributed by atoms with van der Waals surface area (Å²) in [7, 11) is -2.37. The number of alkyl halides is 2. The average Bonchev–Trinajstić information content (AvgIpc) is 4.11. The number of methoxy groups -OCH3 is 1. The number of ether oxygens (including phenoxy) is 2. The Bertz CT molecular complexity index is 2420.